The minimum Gasteiger partial charge on any atom is -0.486 e. The molecule has 106 valence electrons. The molecule has 1 aliphatic heterocycles. The highest BCUT2D eigenvalue weighted by Gasteiger charge is 2.22. The lowest BCUT2D eigenvalue weighted by Crippen LogP contribution is -2.18. The largest absolute Gasteiger partial charge is 0.486 e. The summed E-state index contributed by atoms with van der Waals surface area (Å²) in [7, 11) is 0. The monoisotopic (exact) mass is 264 g/mol. The summed E-state index contributed by atoms with van der Waals surface area (Å²) in [6.45, 7) is 9.65. The Hall–Kier alpha value is -1.22. The van der Waals surface area contributed by atoms with Crippen LogP contribution in [0.4, 0.5) is 0 Å². The standard InChI is InChI=1S/C16H24O3/c1-11(17)12-5-6-14-15(19-10-9-18-14)13(12)7-8-16(2,3)4/h5-6,11,17H,7-10H2,1-4H3. The van der Waals surface area contributed by atoms with Crippen LogP contribution in [0.5, 0.6) is 11.5 Å². The maximum Gasteiger partial charge on any atom is 0.164 e. The Labute approximate surface area is 115 Å². The number of hydrogen-bond acceptors (Lipinski definition) is 3. The van der Waals surface area contributed by atoms with Crippen molar-refractivity contribution in [3.05, 3.63) is 23.3 Å². The van der Waals surface area contributed by atoms with Crippen molar-refractivity contribution in [3.8, 4) is 11.5 Å². The van der Waals surface area contributed by atoms with Gasteiger partial charge in [0.15, 0.2) is 11.5 Å². The van der Waals surface area contributed by atoms with E-state index < -0.39 is 6.10 Å². The third-order valence-corrected chi connectivity index (χ3v) is 3.42. The smallest absolute Gasteiger partial charge is 0.164 e. The van der Waals surface area contributed by atoms with Crippen LogP contribution < -0.4 is 9.47 Å². The van der Waals surface area contributed by atoms with Gasteiger partial charge in [0.25, 0.3) is 0 Å². The molecule has 1 N–H and O–H groups in total. The Bertz CT molecular complexity index is 444. The normalized spacial score (nSPS) is 16.3. The average Bonchev–Trinajstić information content (AvgIpc) is 2.34. The number of aliphatic hydroxyl groups is 1. The van der Waals surface area contributed by atoms with Gasteiger partial charge in [0.1, 0.15) is 13.2 Å². The van der Waals surface area contributed by atoms with Crippen LogP contribution in [0.25, 0.3) is 0 Å². The number of benzene rings is 1. The van der Waals surface area contributed by atoms with E-state index in [1.807, 2.05) is 12.1 Å². The maximum absolute atomic E-state index is 9.94. The highest BCUT2D eigenvalue weighted by atomic mass is 16.6. The van der Waals surface area contributed by atoms with Crippen LogP contribution in [-0.4, -0.2) is 18.3 Å². The molecule has 0 saturated carbocycles. The summed E-state index contributed by atoms with van der Waals surface area (Å²) < 4.78 is 11.4. The molecule has 1 unspecified atom stereocenters. The number of rotatable bonds is 3. The fourth-order valence-electron chi connectivity index (χ4n) is 2.34. The summed E-state index contributed by atoms with van der Waals surface area (Å²) in [5.74, 6) is 1.63. The zero-order valence-electron chi connectivity index (χ0n) is 12.3. The van der Waals surface area contributed by atoms with Crippen molar-refractivity contribution in [1.82, 2.24) is 0 Å². The van der Waals surface area contributed by atoms with E-state index in [4.69, 9.17) is 9.47 Å². The van der Waals surface area contributed by atoms with E-state index >= 15 is 0 Å². The van der Waals surface area contributed by atoms with Gasteiger partial charge < -0.3 is 14.6 Å². The molecule has 19 heavy (non-hydrogen) atoms. The van der Waals surface area contributed by atoms with Crippen LogP contribution >= 0.6 is 0 Å². The molecule has 0 bridgehead atoms. The van der Waals surface area contributed by atoms with Gasteiger partial charge in [0.2, 0.25) is 0 Å². The van der Waals surface area contributed by atoms with Gasteiger partial charge in [0, 0.05) is 5.56 Å². The number of fused-ring (bicyclic) bond motifs is 1. The van der Waals surface area contributed by atoms with Gasteiger partial charge in [-0.3, -0.25) is 0 Å². The highest BCUT2D eigenvalue weighted by molar-refractivity contribution is 5.52. The molecule has 0 aliphatic carbocycles. The molecule has 0 aromatic heterocycles. The lowest BCUT2D eigenvalue weighted by atomic mass is 9.86. The third-order valence-electron chi connectivity index (χ3n) is 3.42. The quantitative estimate of drug-likeness (QED) is 0.908. The van der Waals surface area contributed by atoms with Gasteiger partial charge in [-0.15, -0.1) is 0 Å². The highest BCUT2D eigenvalue weighted by Crippen LogP contribution is 2.39. The van der Waals surface area contributed by atoms with E-state index in [1.165, 1.54) is 0 Å². The van der Waals surface area contributed by atoms with Gasteiger partial charge in [-0.05, 0) is 36.8 Å². The SMILES string of the molecule is CC(O)c1ccc2c(c1CCC(C)(C)C)OCCO2. The van der Waals surface area contributed by atoms with Gasteiger partial charge >= 0.3 is 0 Å². The number of ether oxygens (including phenoxy) is 2. The summed E-state index contributed by atoms with van der Waals surface area (Å²) in [4.78, 5) is 0. The van der Waals surface area contributed by atoms with Crippen molar-refractivity contribution in [3.63, 3.8) is 0 Å². The van der Waals surface area contributed by atoms with E-state index in [1.54, 1.807) is 6.92 Å². The van der Waals surface area contributed by atoms with Gasteiger partial charge in [-0.25, -0.2) is 0 Å². The first kappa shape index (κ1) is 14.2. The number of aliphatic hydroxyl groups excluding tert-OH is 1. The van der Waals surface area contributed by atoms with Crippen molar-refractivity contribution in [2.24, 2.45) is 5.41 Å². The Morgan fingerprint density at radius 3 is 2.53 bits per heavy atom. The molecular formula is C16H24O3. The molecule has 0 radical (unpaired) electrons. The number of hydrogen-bond donors (Lipinski definition) is 1. The molecule has 0 spiro atoms. The second kappa shape index (κ2) is 5.41. The molecule has 1 aromatic carbocycles. The maximum atomic E-state index is 9.94. The molecule has 0 fully saturated rings. The van der Waals surface area contributed by atoms with Crippen LogP contribution in [0.1, 0.15) is 51.3 Å². The van der Waals surface area contributed by atoms with Gasteiger partial charge in [0.05, 0.1) is 6.10 Å². The van der Waals surface area contributed by atoms with E-state index in [9.17, 15) is 5.11 Å². The Morgan fingerprint density at radius 2 is 1.89 bits per heavy atom. The van der Waals surface area contributed by atoms with Crippen LogP contribution in [0, 0.1) is 5.41 Å². The minimum atomic E-state index is -0.481. The molecule has 0 saturated heterocycles. The molecule has 1 heterocycles. The predicted octanol–water partition coefficient (Wildman–Crippen LogP) is 3.49. The molecule has 1 aliphatic rings. The molecule has 1 aromatic rings. The summed E-state index contributed by atoms with van der Waals surface area (Å²) in [6.07, 6.45) is 1.47. The van der Waals surface area contributed by atoms with E-state index in [0.717, 1.165) is 35.5 Å². The van der Waals surface area contributed by atoms with Crippen molar-refractivity contribution in [1.29, 1.82) is 0 Å². The zero-order valence-corrected chi connectivity index (χ0v) is 12.3. The third kappa shape index (κ3) is 3.41. The van der Waals surface area contributed by atoms with E-state index in [-0.39, 0.29) is 5.41 Å². The summed E-state index contributed by atoms with van der Waals surface area (Å²) in [6, 6.07) is 3.85. The van der Waals surface area contributed by atoms with Crippen molar-refractivity contribution >= 4 is 0 Å². The van der Waals surface area contributed by atoms with Crippen LogP contribution in [0.2, 0.25) is 0 Å². The molecule has 1 atom stereocenters. The summed E-state index contributed by atoms with van der Waals surface area (Å²) in [5.41, 5.74) is 2.31. The topological polar surface area (TPSA) is 38.7 Å². The first-order chi connectivity index (χ1) is 8.88. The fraction of sp³-hybridized carbons (Fsp3) is 0.625. The van der Waals surface area contributed by atoms with Crippen molar-refractivity contribution in [2.75, 3.05) is 13.2 Å². The predicted molar refractivity (Wildman–Crippen MR) is 75.8 cm³/mol. The summed E-state index contributed by atoms with van der Waals surface area (Å²) in [5, 5.41) is 9.94. The first-order valence-corrected chi connectivity index (χ1v) is 6.98. The second-order valence-corrected chi connectivity index (χ2v) is 6.39. The van der Waals surface area contributed by atoms with Crippen LogP contribution in [0.15, 0.2) is 12.1 Å². The molecule has 3 nitrogen and oxygen atoms in total. The molecule has 2 rings (SSSR count). The average molecular weight is 264 g/mol. The Kier molecular flexibility index (Phi) is 4.04. The van der Waals surface area contributed by atoms with E-state index in [0.29, 0.717) is 13.2 Å². The molecule has 3 heteroatoms. The summed E-state index contributed by atoms with van der Waals surface area (Å²) >= 11 is 0. The van der Waals surface area contributed by atoms with Crippen LogP contribution in [0.3, 0.4) is 0 Å². The molecule has 0 amide bonds. The lowest BCUT2D eigenvalue weighted by molar-refractivity contribution is 0.165. The van der Waals surface area contributed by atoms with Gasteiger partial charge in [-0.1, -0.05) is 26.8 Å². The minimum absolute atomic E-state index is 0.258. The Morgan fingerprint density at radius 1 is 1.21 bits per heavy atom. The fourth-order valence-corrected chi connectivity index (χ4v) is 2.34. The zero-order chi connectivity index (χ0) is 14.0. The molecular weight excluding hydrogens is 240 g/mol. The van der Waals surface area contributed by atoms with E-state index in [2.05, 4.69) is 20.8 Å². The van der Waals surface area contributed by atoms with Gasteiger partial charge in [-0.2, -0.15) is 0 Å². The Balaban J connectivity index is 2.36. The second-order valence-electron chi connectivity index (χ2n) is 6.39. The van der Waals surface area contributed by atoms with Crippen molar-refractivity contribution in [2.45, 2.75) is 46.6 Å². The lowest BCUT2D eigenvalue weighted by Gasteiger charge is -2.26. The first-order valence-electron chi connectivity index (χ1n) is 6.98. The van der Waals surface area contributed by atoms with Crippen molar-refractivity contribution < 1.29 is 14.6 Å². The van der Waals surface area contributed by atoms with Crippen LogP contribution in [-0.2, 0) is 6.42 Å².